The summed E-state index contributed by atoms with van der Waals surface area (Å²) in [5.74, 6) is 2.07. The van der Waals surface area contributed by atoms with Crippen molar-refractivity contribution in [3.8, 4) is 17.1 Å². The lowest BCUT2D eigenvalue weighted by Crippen LogP contribution is -2.19. The molecule has 0 saturated heterocycles. The number of aromatic nitrogens is 5. The number of rotatable bonds is 4. The van der Waals surface area contributed by atoms with Crippen LogP contribution in [-0.4, -0.2) is 31.0 Å². The quantitative estimate of drug-likeness (QED) is 0.444. The number of hydrogen-bond donors (Lipinski definition) is 2. The minimum atomic E-state index is -0.263. The number of fused-ring (bicyclic) bond motifs is 1. The first-order chi connectivity index (χ1) is 14.5. The van der Waals surface area contributed by atoms with Gasteiger partial charge in [-0.1, -0.05) is 41.5 Å². The van der Waals surface area contributed by atoms with Crippen LogP contribution >= 0.6 is 0 Å². The molecule has 162 valence electrons. The Bertz CT molecular complexity index is 1210. The molecule has 0 fully saturated rings. The molecule has 4 aromatic rings. The highest BCUT2D eigenvalue weighted by Crippen LogP contribution is 2.29. The van der Waals surface area contributed by atoms with Crippen LogP contribution < -0.4 is 5.32 Å². The van der Waals surface area contributed by atoms with E-state index < -0.39 is 0 Å². The third-order valence-electron chi connectivity index (χ3n) is 4.88. The van der Waals surface area contributed by atoms with Gasteiger partial charge in [0, 0.05) is 23.7 Å². The zero-order valence-electron chi connectivity index (χ0n) is 18.9. The van der Waals surface area contributed by atoms with E-state index in [9.17, 15) is 4.39 Å². The standard InChI is InChI=1S/C24H29FN6/c1-23(2,3)14-26-22-28-17-11-12-19(29-20(17)30-22)31-13-18(27-21(31)24(4,5)6)15-7-9-16(25)10-8-15/h7-13H,14H2,1-6H3,(H2,26,28,29,30). The van der Waals surface area contributed by atoms with Gasteiger partial charge >= 0.3 is 0 Å². The molecular weight excluding hydrogens is 391 g/mol. The van der Waals surface area contributed by atoms with E-state index in [2.05, 4.69) is 56.8 Å². The molecule has 0 aliphatic heterocycles. The molecule has 2 N–H and O–H groups in total. The van der Waals surface area contributed by atoms with Gasteiger partial charge in [0.2, 0.25) is 5.95 Å². The van der Waals surface area contributed by atoms with Gasteiger partial charge in [-0.25, -0.2) is 14.4 Å². The summed E-state index contributed by atoms with van der Waals surface area (Å²) in [6.07, 6.45) is 1.95. The number of aromatic amines is 1. The highest BCUT2D eigenvalue weighted by molar-refractivity contribution is 5.74. The molecule has 0 bridgehead atoms. The summed E-state index contributed by atoms with van der Waals surface area (Å²) >= 11 is 0. The van der Waals surface area contributed by atoms with Crippen LogP contribution in [0.25, 0.3) is 28.2 Å². The summed E-state index contributed by atoms with van der Waals surface area (Å²) in [6.45, 7) is 13.7. The van der Waals surface area contributed by atoms with E-state index in [4.69, 9.17) is 9.97 Å². The van der Waals surface area contributed by atoms with Crippen molar-refractivity contribution in [3.05, 3.63) is 54.2 Å². The molecule has 0 saturated carbocycles. The second-order valence-electron chi connectivity index (χ2n) is 10.1. The fourth-order valence-corrected chi connectivity index (χ4v) is 3.29. The van der Waals surface area contributed by atoms with Gasteiger partial charge in [-0.05, 0) is 41.8 Å². The molecule has 0 atom stereocenters. The van der Waals surface area contributed by atoms with E-state index in [1.54, 1.807) is 12.1 Å². The topological polar surface area (TPSA) is 71.4 Å². The van der Waals surface area contributed by atoms with Crippen molar-refractivity contribution in [2.75, 3.05) is 11.9 Å². The molecule has 0 amide bonds. The summed E-state index contributed by atoms with van der Waals surface area (Å²) in [4.78, 5) is 17.5. The van der Waals surface area contributed by atoms with Crippen molar-refractivity contribution < 1.29 is 4.39 Å². The SMILES string of the molecule is CC(C)(C)CNc1nc2nc(-n3cc(-c4ccc(F)cc4)nc3C(C)(C)C)ccc2[nH]1. The number of imidazole rings is 2. The Balaban J connectivity index is 1.74. The first-order valence-electron chi connectivity index (χ1n) is 10.5. The van der Waals surface area contributed by atoms with Crippen molar-refractivity contribution in [2.24, 2.45) is 5.41 Å². The molecule has 3 heterocycles. The smallest absolute Gasteiger partial charge is 0.202 e. The Kier molecular flexibility index (Phi) is 5.07. The average Bonchev–Trinajstić information content (AvgIpc) is 3.30. The van der Waals surface area contributed by atoms with Gasteiger partial charge in [0.1, 0.15) is 17.5 Å². The monoisotopic (exact) mass is 420 g/mol. The Morgan fingerprint density at radius 1 is 0.935 bits per heavy atom. The van der Waals surface area contributed by atoms with Gasteiger partial charge in [-0.2, -0.15) is 4.98 Å². The molecule has 0 aliphatic carbocycles. The van der Waals surface area contributed by atoms with Gasteiger partial charge < -0.3 is 10.3 Å². The molecule has 0 spiro atoms. The number of nitrogens with zero attached hydrogens (tertiary/aromatic N) is 4. The molecule has 0 radical (unpaired) electrons. The Hall–Kier alpha value is -3.22. The van der Waals surface area contributed by atoms with Gasteiger partial charge in [0.25, 0.3) is 0 Å². The van der Waals surface area contributed by atoms with Crippen LogP contribution in [0, 0.1) is 11.2 Å². The molecule has 7 heteroatoms. The van der Waals surface area contributed by atoms with Gasteiger partial charge in [-0.15, -0.1) is 0 Å². The summed E-state index contributed by atoms with van der Waals surface area (Å²) < 4.78 is 15.4. The summed E-state index contributed by atoms with van der Waals surface area (Å²) in [6, 6.07) is 10.3. The van der Waals surface area contributed by atoms with Crippen LogP contribution in [0.15, 0.2) is 42.6 Å². The van der Waals surface area contributed by atoms with Crippen molar-refractivity contribution in [1.29, 1.82) is 0 Å². The molecule has 31 heavy (non-hydrogen) atoms. The molecule has 0 aliphatic rings. The fourth-order valence-electron chi connectivity index (χ4n) is 3.29. The van der Waals surface area contributed by atoms with Crippen molar-refractivity contribution in [2.45, 2.75) is 47.0 Å². The van der Waals surface area contributed by atoms with Gasteiger partial charge in [-0.3, -0.25) is 4.57 Å². The number of nitrogens with one attached hydrogen (secondary N) is 2. The molecule has 4 rings (SSSR count). The van der Waals surface area contributed by atoms with E-state index in [1.165, 1.54) is 12.1 Å². The zero-order chi connectivity index (χ0) is 22.4. The maximum atomic E-state index is 13.4. The largest absolute Gasteiger partial charge is 0.355 e. The highest BCUT2D eigenvalue weighted by Gasteiger charge is 2.24. The Morgan fingerprint density at radius 2 is 1.65 bits per heavy atom. The molecule has 3 aromatic heterocycles. The molecule has 0 unspecified atom stereocenters. The lowest BCUT2D eigenvalue weighted by molar-refractivity contribution is 0.442. The maximum absolute atomic E-state index is 13.4. The fraction of sp³-hybridized carbons (Fsp3) is 0.375. The number of hydrogen-bond acceptors (Lipinski definition) is 4. The summed E-state index contributed by atoms with van der Waals surface area (Å²) in [5.41, 5.74) is 3.09. The van der Waals surface area contributed by atoms with Gasteiger partial charge in [0.05, 0.1) is 11.2 Å². The number of H-pyrrole nitrogens is 1. The predicted molar refractivity (Wildman–Crippen MR) is 123 cm³/mol. The van der Waals surface area contributed by atoms with Crippen LogP contribution in [-0.2, 0) is 5.41 Å². The zero-order valence-corrected chi connectivity index (χ0v) is 18.9. The molecule has 6 nitrogen and oxygen atoms in total. The van der Waals surface area contributed by atoms with E-state index in [0.29, 0.717) is 11.6 Å². The summed E-state index contributed by atoms with van der Waals surface area (Å²) in [7, 11) is 0. The van der Waals surface area contributed by atoms with Crippen LogP contribution in [0.2, 0.25) is 0 Å². The second kappa shape index (κ2) is 7.48. The van der Waals surface area contributed by atoms with Gasteiger partial charge in [0.15, 0.2) is 5.65 Å². The van der Waals surface area contributed by atoms with E-state index >= 15 is 0 Å². The normalized spacial score (nSPS) is 12.5. The van der Waals surface area contributed by atoms with Crippen molar-refractivity contribution >= 4 is 17.1 Å². The van der Waals surface area contributed by atoms with Crippen molar-refractivity contribution in [1.82, 2.24) is 24.5 Å². The predicted octanol–water partition coefficient (Wildman–Crippen LogP) is 5.71. The number of benzene rings is 1. The lowest BCUT2D eigenvalue weighted by atomic mass is 9.95. The Labute approximate surface area is 182 Å². The Morgan fingerprint density at radius 3 is 2.29 bits per heavy atom. The number of anilines is 1. The first-order valence-corrected chi connectivity index (χ1v) is 10.5. The van der Waals surface area contributed by atoms with E-state index in [0.717, 1.165) is 35.0 Å². The van der Waals surface area contributed by atoms with Crippen molar-refractivity contribution in [3.63, 3.8) is 0 Å². The molecular formula is C24H29FN6. The van der Waals surface area contributed by atoms with Crippen LogP contribution in [0.1, 0.15) is 47.4 Å². The minimum absolute atomic E-state index is 0.146. The van der Waals surface area contributed by atoms with Crippen LogP contribution in [0.3, 0.4) is 0 Å². The number of pyridine rings is 1. The highest BCUT2D eigenvalue weighted by atomic mass is 19.1. The third-order valence-corrected chi connectivity index (χ3v) is 4.88. The van der Waals surface area contributed by atoms with E-state index in [-0.39, 0.29) is 16.6 Å². The molecule has 1 aromatic carbocycles. The van der Waals surface area contributed by atoms with Crippen LogP contribution in [0.5, 0.6) is 0 Å². The minimum Gasteiger partial charge on any atom is -0.355 e. The maximum Gasteiger partial charge on any atom is 0.202 e. The second-order valence-corrected chi connectivity index (χ2v) is 10.1. The lowest BCUT2D eigenvalue weighted by Gasteiger charge is -2.19. The number of halogens is 1. The summed E-state index contributed by atoms with van der Waals surface area (Å²) in [5, 5.41) is 3.34. The van der Waals surface area contributed by atoms with Crippen LogP contribution in [0.4, 0.5) is 10.3 Å². The third kappa shape index (κ3) is 4.60. The average molecular weight is 421 g/mol. The van der Waals surface area contributed by atoms with E-state index in [1.807, 2.05) is 22.9 Å². The first kappa shape index (κ1) is 21.0.